The van der Waals surface area contributed by atoms with Crippen molar-refractivity contribution in [3.63, 3.8) is 0 Å². The molecule has 0 nitrogen and oxygen atoms in total. The maximum absolute atomic E-state index is 3.51. The molecule has 1 atom stereocenters. The molecule has 0 saturated heterocycles. The zero-order valence-corrected chi connectivity index (χ0v) is 10.5. The van der Waals surface area contributed by atoms with Crippen molar-refractivity contribution < 1.29 is 0 Å². The normalized spacial score (nSPS) is 34.3. The zero-order chi connectivity index (χ0) is 10.3. The van der Waals surface area contributed by atoms with Crippen molar-refractivity contribution in [2.24, 2.45) is 11.8 Å². The lowest BCUT2D eigenvalue weighted by Crippen LogP contribution is -2.29. The van der Waals surface area contributed by atoms with Gasteiger partial charge in [-0.05, 0) is 54.7 Å². The summed E-state index contributed by atoms with van der Waals surface area (Å²) in [7, 11) is 0. The first-order valence-corrected chi connectivity index (χ1v) is 6.87. The molecule has 3 fully saturated rings. The van der Waals surface area contributed by atoms with Gasteiger partial charge in [0.2, 0.25) is 0 Å². The van der Waals surface area contributed by atoms with Crippen LogP contribution >= 0.6 is 15.9 Å². The van der Waals surface area contributed by atoms with Crippen LogP contribution < -0.4 is 0 Å². The van der Waals surface area contributed by atoms with Gasteiger partial charge in [-0.3, -0.25) is 0 Å². The molecule has 1 aromatic rings. The van der Waals surface area contributed by atoms with Gasteiger partial charge in [0.1, 0.15) is 0 Å². The molecule has 0 aliphatic heterocycles. The molecule has 4 rings (SSSR count). The highest BCUT2D eigenvalue weighted by molar-refractivity contribution is 9.10. The molecule has 0 spiro atoms. The fraction of sp³-hybridized carbons (Fsp3) is 0.571. The standard InChI is InChI=1S/C14H17Br/c15-13-7-5-12(6-8-13)14-9-10-1-3-11(14)4-2-10/h5-8,10-11,14H,1-4,9H2. The largest absolute Gasteiger partial charge is 0.0576 e. The molecule has 3 saturated carbocycles. The van der Waals surface area contributed by atoms with Gasteiger partial charge in [0.05, 0.1) is 0 Å². The summed E-state index contributed by atoms with van der Waals surface area (Å²) in [5.74, 6) is 2.88. The Morgan fingerprint density at radius 3 is 2.13 bits per heavy atom. The summed E-state index contributed by atoms with van der Waals surface area (Å²) in [4.78, 5) is 0. The van der Waals surface area contributed by atoms with Crippen molar-refractivity contribution in [3.8, 4) is 0 Å². The average Bonchev–Trinajstić information content (AvgIpc) is 2.31. The van der Waals surface area contributed by atoms with E-state index < -0.39 is 0 Å². The number of halogens is 1. The van der Waals surface area contributed by atoms with Crippen molar-refractivity contribution in [1.29, 1.82) is 0 Å². The first-order valence-electron chi connectivity index (χ1n) is 6.08. The van der Waals surface area contributed by atoms with E-state index in [9.17, 15) is 0 Å². The first kappa shape index (κ1) is 9.89. The third kappa shape index (κ3) is 1.87. The van der Waals surface area contributed by atoms with Gasteiger partial charge < -0.3 is 0 Å². The average molecular weight is 265 g/mol. The van der Waals surface area contributed by atoms with Crippen LogP contribution in [-0.2, 0) is 0 Å². The Morgan fingerprint density at radius 1 is 0.933 bits per heavy atom. The Hall–Kier alpha value is -0.300. The Labute approximate surface area is 100 Å². The van der Waals surface area contributed by atoms with E-state index in [0.29, 0.717) is 0 Å². The van der Waals surface area contributed by atoms with Crippen molar-refractivity contribution >= 4 is 15.9 Å². The van der Waals surface area contributed by atoms with Gasteiger partial charge >= 0.3 is 0 Å². The number of benzene rings is 1. The van der Waals surface area contributed by atoms with Gasteiger partial charge in [0.25, 0.3) is 0 Å². The van der Waals surface area contributed by atoms with E-state index in [1.807, 2.05) is 0 Å². The SMILES string of the molecule is Brc1ccc(C2CC3CCC2CC3)cc1. The van der Waals surface area contributed by atoms with Gasteiger partial charge in [0, 0.05) is 4.47 Å². The van der Waals surface area contributed by atoms with E-state index in [0.717, 1.165) is 17.8 Å². The van der Waals surface area contributed by atoms with Crippen molar-refractivity contribution in [1.82, 2.24) is 0 Å². The maximum atomic E-state index is 3.51. The second-order valence-electron chi connectivity index (χ2n) is 5.17. The molecule has 2 bridgehead atoms. The van der Waals surface area contributed by atoms with Gasteiger partial charge in [-0.1, -0.05) is 40.9 Å². The molecule has 1 aromatic carbocycles. The van der Waals surface area contributed by atoms with Gasteiger partial charge in [-0.2, -0.15) is 0 Å². The van der Waals surface area contributed by atoms with Crippen LogP contribution in [0.15, 0.2) is 28.7 Å². The number of fused-ring (bicyclic) bond motifs is 3. The smallest absolute Gasteiger partial charge is 0.0175 e. The summed E-state index contributed by atoms with van der Waals surface area (Å²) in [6.07, 6.45) is 7.40. The minimum absolute atomic E-state index is 0.866. The molecule has 1 heteroatoms. The molecule has 0 heterocycles. The molecule has 0 amide bonds. The minimum atomic E-state index is 0.866. The van der Waals surface area contributed by atoms with Crippen LogP contribution in [0.3, 0.4) is 0 Å². The maximum Gasteiger partial charge on any atom is 0.0175 e. The van der Waals surface area contributed by atoms with E-state index in [-0.39, 0.29) is 0 Å². The molecule has 0 radical (unpaired) electrons. The molecule has 0 N–H and O–H groups in total. The minimum Gasteiger partial charge on any atom is -0.0576 e. The molecular weight excluding hydrogens is 248 g/mol. The fourth-order valence-corrected chi connectivity index (χ4v) is 3.76. The Morgan fingerprint density at radius 2 is 1.60 bits per heavy atom. The molecule has 15 heavy (non-hydrogen) atoms. The van der Waals surface area contributed by atoms with Crippen LogP contribution in [0.25, 0.3) is 0 Å². The third-order valence-electron chi connectivity index (χ3n) is 4.35. The monoisotopic (exact) mass is 264 g/mol. The summed E-state index contributed by atoms with van der Waals surface area (Å²) in [6.45, 7) is 0. The van der Waals surface area contributed by atoms with Crippen LogP contribution in [-0.4, -0.2) is 0 Å². The predicted molar refractivity (Wildman–Crippen MR) is 66.9 cm³/mol. The zero-order valence-electron chi connectivity index (χ0n) is 8.95. The predicted octanol–water partition coefficient (Wildman–Crippen LogP) is 4.74. The van der Waals surface area contributed by atoms with E-state index in [1.165, 1.54) is 36.6 Å². The molecular formula is C14H17Br. The summed E-state index contributed by atoms with van der Waals surface area (Å²) < 4.78 is 1.20. The quantitative estimate of drug-likeness (QED) is 0.687. The van der Waals surface area contributed by atoms with E-state index in [2.05, 4.69) is 40.2 Å². The second kappa shape index (κ2) is 3.93. The highest BCUT2D eigenvalue weighted by atomic mass is 79.9. The van der Waals surface area contributed by atoms with E-state index in [1.54, 1.807) is 5.56 Å². The summed E-state index contributed by atoms with van der Waals surface area (Å²) in [5.41, 5.74) is 1.58. The Kier molecular flexibility index (Phi) is 2.59. The lowest BCUT2D eigenvalue weighted by molar-refractivity contribution is 0.145. The lowest BCUT2D eigenvalue weighted by Gasteiger charge is -2.42. The Balaban J connectivity index is 1.85. The molecule has 3 aliphatic carbocycles. The molecule has 0 aromatic heterocycles. The number of rotatable bonds is 1. The third-order valence-corrected chi connectivity index (χ3v) is 4.87. The highest BCUT2D eigenvalue weighted by Crippen LogP contribution is 2.49. The van der Waals surface area contributed by atoms with E-state index >= 15 is 0 Å². The van der Waals surface area contributed by atoms with Crippen LogP contribution in [0.2, 0.25) is 0 Å². The van der Waals surface area contributed by atoms with Crippen LogP contribution in [0.5, 0.6) is 0 Å². The van der Waals surface area contributed by atoms with Crippen LogP contribution in [0, 0.1) is 11.8 Å². The summed E-state index contributed by atoms with van der Waals surface area (Å²) >= 11 is 3.51. The molecule has 1 unspecified atom stereocenters. The topological polar surface area (TPSA) is 0 Å². The van der Waals surface area contributed by atoms with Gasteiger partial charge in [0.15, 0.2) is 0 Å². The molecule has 80 valence electrons. The molecule has 3 aliphatic rings. The van der Waals surface area contributed by atoms with Crippen LogP contribution in [0.4, 0.5) is 0 Å². The number of hydrogen-bond donors (Lipinski definition) is 0. The summed E-state index contributed by atoms with van der Waals surface area (Å²) in [6, 6.07) is 9.01. The highest BCUT2D eigenvalue weighted by Gasteiger charge is 2.35. The Bertz CT molecular complexity index is 333. The van der Waals surface area contributed by atoms with Crippen molar-refractivity contribution in [2.45, 2.75) is 38.0 Å². The lowest BCUT2D eigenvalue weighted by atomic mass is 9.63. The summed E-state index contributed by atoms with van der Waals surface area (Å²) in [5, 5.41) is 0. The second-order valence-corrected chi connectivity index (χ2v) is 6.09. The number of hydrogen-bond acceptors (Lipinski definition) is 0. The van der Waals surface area contributed by atoms with Crippen molar-refractivity contribution in [2.75, 3.05) is 0 Å². The van der Waals surface area contributed by atoms with Crippen LogP contribution in [0.1, 0.15) is 43.6 Å². The van der Waals surface area contributed by atoms with Crippen molar-refractivity contribution in [3.05, 3.63) is 34.3 Å². The van der Waals surface area contributed by atoms with E-state index in [4.69, 9.17) is 0 Å². The fourth-order valence-electron chi connectivity index (χ4n) is 3.50. The first-order chi connectivity index (χ1) is 7.33. The van der Waals surface area contributed by atoms with Gasteiger partial charge in [-0.15, -0.1) is 0 Å². The van der Waals surface area contributed by atoms with Gasteiger partial charge in [-0.25, -0.2) is 0 Å².